The molecule has 0 atom stereocenters. The van der Waals surface area contributed by atoms with Crippen molar-refractivity contribution in [2.75, 3.05) is 0 Å². The van der Waals surface area contributed by atoms with Gasteiger partial charge in [-0.2, -0.15) is 0 Å². The lowest BCUT2D eigenvalue weighted by Gasteiger charge is -2.24. The van der Waals surface area contributed by atoms with Crippen LogP contribution in [0.1, 0.15) is 34.3 Å². The third kappa shape index (κ3) is 1.00. The van der Waals surface area contributed by atoms with Crippen molar-refractivity contribution in [1.29, 1.82) is 0 Å². The van der Waals surface area contributed by atoms with Gasteiger partial charge in [0.05, 0.1) is 5.41 Å². The van der Waals surface area contributed by atoms with Gasteiger partial charge in [-0.3, -0.25) is 14.9 Å². The average molecular weight is 201 g/mol. The predicted octanol–water partition coefficient (Wildman–Crippen LogP) is 1.30. The monoisotopic (exact) mass is 201 g/mol. The van der Waals surface area contributed by atoms with E-state index in [9.17, 15) is 9.59 Å². The van der Waals surface area contributed by atoms with Gasteiger partial charge < -0.3 is 0 Å². The fraction of sp³-hybridized carbons (Fsp3) is 0.333. The van der Waals surface area contributed by atoms with Gasteiger partial charge in [-0.1, -0.05) is 17.7 Å². The summed E-state index contributed by atoms with van der Waals surface area (Å²) in [5, 5.41) is 2.44. The second-order valence-electron chi connectivity index (χ2n) is 4.41. The number of carbonyl (C=O) groups is 2. The van der Waals surface area contributed by atoms with Crippen LogP contribution in [0.2, 0.25) is 0 Å². The minimum atomic E-state index is -0.378. The maximum atomic E-state index is 11.7. The van der Waals surface area contributed by atoms with Crippen LogP contribution in [-0.2, 0) is 10.2 Å². The van der Waals surface area contributed by atoms with E-state index in [-0.39, 0.29) is 17.2 Å². The lowest BCUT2D eigenvalue weighted by Crippen LogP contribution is -2.44. The number of nitrogens with one attached hydrogen (secondary N) is 1. The van der Waals surface area contributed by atoms with Gasteiger partial charge in [-0.05, 0) is 31.4 Å². The molecule has 3 rings (SSSR count). The zero-order chi connectivity index (χ0) is 10.6. The van der Waals surface area contributed by atoms with Crippen molar-refractivity contribution in [2.45, 2.75) is 25.2 Å². The van der Waals surface area contributed by atoms with Crippen molar-refractivity contribution in [3.8, 4) is 0 Å². The zero-order valence-electron chi connectivity index (χ0n) is 8.46. The van der Waals surface area contributed by atoms with E-state index in [2.05, 4.69) is 5.32 Å². The Hall–Kier alpha value is -1.64. The van der Waals surface area contributed by atoms with Gasteiger partial charge in [0, 0.05) is 5.56 Å². The summed E-state index contributed by atoms with van der Waals surface area (Å²) in [4.78, 5) is 23.3. The average Bonchev–Trinajstić information content (AvgIpc) is 2.96. The summed E-state index contributed by atoms with van der Waals surface area (Å²) in [5.74, 6) is -0.375. The molecule has 3 heteroatoms. The molecule has 76 valence electrons. The lowest BCUT2D eigenvalue weighted by atomic mass is 9.86. The molecular formula is C12H11NO2. The van der Waals surface area contributed by atoms with Crippen molar-refractivity contribution in [3.63, 3.8) is 0 Å². The summed E-state index contributed by atoms with van der Waals surface area (Å²) in [6, 6.07) is 5.75. The SMILES string of the molecule is Cc1ccc2c(c1)C(=O)NC(=O)C21CC1. The maximum Gasteiger partial charge on any atom is 0.258 e. The maximum absolute atomic E-state index is 11.7. The van der Waals surface area contributed by atoms with E-state index in [0.29, 0.717) is 5.56 Å². The molecule has 1 aliphatic carbocycles. The number of amides is 2. The minimum absolute atomic E-state index is 0.121. The first-order valence-electron chi connectivity index (χ1n) is 5.10. The molecule has 1 spiro atoms. The van der Waals surface area contributed by atoms with E-state index in [0.717, 1.165) is 24.0 Å². The highest BCUT2D eigenvalue weighted by molar-refractivity contribution is 6.14. The summed E-state index contributed by atoms with van der Waals surface area (Å²) in [6.45, 7) is 1.95. The van der Waals surface area contributed by atoms with Crippen molar-refractivity contribution in [2.24, 2.45) is 0 Å². The molecule has 1 aromatic rings. The first-order valence-corrected chi connectivity index (χ1v) is 5.10. The van der Waals surface area contributed by atoms with E-state index in [4.69, 9.17) is 0 Å². The second kappa shape index (κ2) is 2.48. The summed E-state index contributed by atoms with van der Waals surface area (Å²) >= 11 is 0. The fourth-order valence-corrected chi connectivity index (χ4v) is 2.30. The Balaban J connectivity index is 2.26. The number of aryl methyl sites for hydroxylation is 1. The van der Waals surface area contributed by atoms with Gasteiger partial charge in [0.25, 0.3) is 5.91 Å². The van der Waals surface area contributed by atoms with Gasteiger partial charge in [-0.25, -0.2) is 0 Å². The molecule has 15 heavy (non-hydrogen) atoms. The predicted molar refractivity (Wildman–Crippen MR) is 54.6 cm³/mol. The molecule has 0 aromatic heterocycles. The van der Waals surface area contributed by atoms with Crippen LogP contribution in [0.4, 0.5) is 0 Å². The van der Waals surface area contributed by atoms with Crippen molar-refractivity contribution in [1.82, 2.24) is 5.32 Å². The van der Waals surface area contributed by atoms with Crippen molar-refractivity contribution in [3.05, 3.63) is 34.9 Å². The second-order valence-corrected chi connectivity index (χ2v) is 4.41. The van der Waals surface area contributed by atoms with Crippen LogP contribution < -0.4 is 5.32 Å². The number of hydrogen-bond donors (Lipinski definition) is 1. The van der Waals surface area contributed by atoms with Gasteiger partial charge >= 0.3 is 0 Å². The van der Waals surface area contributed by atoms with Crippen LogP contribution >= 0.6 is 0 Å². The van der Waals surface area contributed by atoms with Crippen LogP contribution in [0.3, 0.4) is 0 Å². The highest BCUT2D eigenvalue weighted by atomic mass is 16.2. The molecule has 1 fully saturated rings. The first kappa shape index (κ1) is 8.65. The summed E-state index contributed by atoms with van der Waals surface area (Å²) in [7, 11) is 0. The van der Waals surface area contributed by atoms with Gasteiger partial charge in [0.15, 0.2) is 0 Å². The number of imide groups is 1. The van der Waals surface area contributed by atoms with Crippen LogP contribution in [0.15, 0.2) is 18.2 Å². The number of rotatable bonds is 0. The Morgan fingerprint density at radius 1 is 1.27 bits per heavy atom. The standard InChI is InChI=1S/C12H11NO2/c1-7-2-3-9-8(6-7)10(14)13-11(15)12(9)4-5-12/h2-3,6H,4-5H2,1H3,(H,13,14,15). The smallest absolute Gasteiger partial charge is 0.258 e. The molecule has 3 nitrogen and oxygen atoms in total. The highest BCUT2D eigenvalue weighted by Crippen LogP contribution is 2.51. The molecule has 0 bridgehead atoms. The van der Waals surface area contributed by atoms with E-state index in [1.54, 1.807) is 0 Å². The molecule has 0 unspecified atom stereocenters. The minimum Gasteiger partial charge on any atom is -0.292 e. The highest BCUT2D eigenvalue weighted by Gasteiger charge is 2.55. The van der Waals surface area contributed by atoms with Gasteiger partial charge in [0.1, 0.15) is 0 Å². The summed E-state index contributed by atoms with van der Waals surface area (Å²) in [5.41, 5.74) is 2.26. The largest absolute Gasteiger partial charge is 0.292 e. The number of hydrogen-bond acceptors (Lipinski definition) is 2. The molecule has 1 aromatic carbocycles. The summed E-state index contributed by atoms with van der Waals surface area (Å²) in [6.07, 6.45) is 1.73. The Labute approximate surface area is 87.5 Å². The third-order valence-corrected chi connectivity index (χ3v) is 3.35. The van der Waals surface area contributed by atoms with Crippen LogP contribution in [-0.4, -0.2) is 11.8 Å². The van der Waals surface area contributed by atoms with Crippen molar-refractivity contribution < 1.29 is 9.59 Å². The van der Waals surface area contributed by atoms with E-state index in [1.807, 2.05) is 25.1 Å². The van der Waals surface area contributed by atoms with Crippen LogP contribution in [0.25, 0.3) is 0 Å². The molecule has 1 saturated carbocycles. The molecule has 0 saturated heterocycles. The molecule has 2 aliphatic rings. The Morgan fingerprint density at radius 3 is 2.67 bits per heavy atom. The number of benzene rings is 1. The molecule has 2 amide bonds. The lowest BCUT2D eigenvalue weighted by molar-refractivity contribution is -0.122. The van der Waals surface area contributed by atoms with Gasteiger partial charge in [0.2, 0.25) is 5.91 Å². The van der Waals surface area contributed by atoms with E-state index >= 15 is 0 Å². The summed E-state index contributed by atoms with van der Waals surface area (Å²) < 4.78 is 0. The number of fused-ring (bicyclic) bond motifs is 2. The van der Waals surface area contributed by atoms with E-state index < -0.39 is 0 Å². The van der Waals surface area contributed by atoms with Crippen LogP contribution in [0.5, 0.6) is 0 Å². The first-order chi connectivity index (χ1) is 7.13. The van der Waals surface area contributed by atoms with Crippen LogP contribution in [0, 0.1) is 6.92 Å². The topological polar surface area (TPSA) is 46.2 Å². The van der Waals surface area contributed by atoms with Crippen molar-refractivity contribution >= 4 is 11.8 Å². The molecule has 1 aliphatic heterocycles. The zero-order valence-corrected chi connectivity index (χ0v) is 8.46. The van der Waals surface area contributed by atoms with E-state index in [1.165, 1.54) is 0 Å². The number of carbonyl (C=O) groups excluding carboxylic acids is 2. The Kier molecular flexibility index (Phi) is 1.43. The Bertz CT molecular complexity index is 486. The molecule has 1 N–H and O–H groups in total. The Morgan fingerprint density at radius 2 is 2.00 bits per heavy atom. The fourth-order valence-electron chi connectivity index (χ4n) is 2.30. The third-order valence-electron chi connectivity index (χ3n) is 3.35. The van der Waals surface area contributed by atoms with Gasteiger partial charge in [-0.15, -0.1) is 0 Å². The molecule has 1 heterocycles. The molecular weight excluding hydrogens is 190 g/mol. The normalized spacial score (nSPS) is 21.1. The quantitative estimate of drug-likeness (QED) is 0.643. The molecule has 0 radical (unpaired) electrons.